The predicted molar refractivity (Wildman–Crippen MR) is 160 cm³/mol. The lowest BCUT2D eigenvalue weighted by Gasteiger charge is -2.33. The quantitative estimate of drug-likeness (QED) is 0.321. The summed E-state index contributed by atoms with van der Waals surface area (Å²) >= 11 is 0. The Balaban J connectivity index is 0.000000201. The molecule has 8 heteroatoms. The molecule has 2 atom stereocenters. The Bertz CT molecular complexity index is 1380. The predicted octanol–water partition coefficient (Wildman–Crippen LogP) is 5.54. The first-order valence-corrected chi connectivity index (χ1v) is 13.8. The lowest BCUT2D eigenvalue weighted by Crippen LogP contribution is -2.45. The highest BCUT2D eigenvalue weighted by Gasteiger charge is 2.29. The van der Waals surface area contributed by atoms with Crippen LogP contribution in [0.15, 0.2) is 91.4 Å². The Morgan fingerprint density at radius 3 is 2.37 bits per heavy atom. The zero-order chi connectivity index (χ0) is 29.2. The number of rotatable bonds is 7. The maximum Gasteiger partial charge on any atom is 0.259 e. The second-order valence-electron chi connectivity index (χ2n) is 10.5. The van der Waals surface area contributed by atoms with E-state index in [-0.39, 0.29) is 24.5 Å². The number of carbonyl (C=O) groups excluding carboxylic acids is 1. The van der Waals surface area contributed by atoms with E-state index < -0.39 is 0 Å². The Morgan fingerprint density at radius 1 is 1.02 bits per heavy atom. The molecule has 0 aliphatic carbocycles. The van der Waals surface area contributed by atoms with Gasteiger partial charge in [-0.05, 0) is 74.6 Å². The zero-order valence-corrected chi connectivity index (χ0v) is 24.1. The lowest BCUT2D eigenvalue weighted by atomic mass is 10.0. The van der Waals surface area contributed by atoms with Crippen LogP contribution in [-0.4, -0.2) is 70.7 Å². The van der Waals surface area contributed by atoms with Crippen LogP contribution in [0.2, 0.25) is 0 Å². The van der Waals surface area contributed by atoms with Gasteiger partial charge in [-0.15, -0.1) is 0 Å². The number of pyridine rings is 2. The van der Waals surface area contributed by atoms with Crippen LogP contribution in [0.1, 0.15) is 29.8 Å². The Labute approximate surface area is 242 Å². The number of para-hydroxylation sites is 1. The van der Waals surface area contributed by atoms with E-state index in [0.717, 1.165) is 29.2 Å². The molecule has 5 rings (SSSR count). The van der Waals surface area contributed by atoms with Crippen molar-refractivity contribution in [2.45, 2.75) is 26.4 Å². The third-order valence-corrected chi connectivity index (χ3v) is 6.57. The number of fused-ring (bicyclic) bond motifs is 1. The van der Waals surface area contributed by atoms with Crippen LogP contribution in [0.5, 0.6) is 17.4 Å². The summed E-state index contributed by atoms with van der Waals surface area (Å²) in [5.41, 5.74) is 3.48. The highest BCUT2D eigenvalue weighted by atomic mass is 16.5. The van der Waals surface area contributed by atoms with Crippen LogP contribution in [0, 0.1) is 5.92 Å². The van der Waals surface area contributed by atoms with Gasteiger partial charge in [0.05, 0.1) is 19.3 Å². The normalized spacial score (nSPS) is 15.5. The molecule has 2 aromatic heterocycles. The van der Waals surface area contributed by atoms with Gasteiger partial charge in [0.2, 0.25) is 5.88 Å². The SMILES string of the molecule is CC1COc2ncc(-c3ccncc3)cc2C(=O)N([C@@H](C)CO)C1.CN(C)Cc1ccc(Oc2ccccc2)cc1. The molecule has 1 unspecified atom stereocenters. The topological polar surface area (TPSA) is 88.0 Å². The van der Waals surface area contributed by atoms with Gasteiger partial charge in [0, 0.05) is 43.2 Å². The minimum Gasteiger partial charge on any atom is -0.477 e. The number of nitrogens with zero attached hydrogens (tertiary/aromatic N) is 4. The molecule has 3 heterocycles. The summed E-state index contributed by atoms with van der Waals surface area (Å²) in [4.78, 5) is 25.2. The molecule has 1 aliphatic heterocycles. The van der Waals surface area contributed by atoms with Crippen molar-refractivity contribution in [2.75, 3.05) is 33.9 Å². The van der Waals surface area contributed by atoms with Gasteiger partial charge in [0.1, 0.15) is 17.1 Å². The van der Waals surface area contributed by atoms with E-state index in [0.29, 0.717) is 24.6 Å². The van der Waals surface area contributed by atoms with Gasteiger partial charge < -0.3 is 24.4 Å². The molecule has 1 amide bonds. The Kier molecular flexibility index (Phi) is 10.4. The number of amides is 1. The summed E-state index contributed by atoms with van der Waals surface area (Å²) < 4.78 is 11.5. The second kappa shape index (κ2) is 14.4. The molecule has 41 heavy (non-hydrogen) atoms. The van der Waals surface area contributed by atoms with Crippen molar-refractivity contribution in [3.8, 4) is 28.5 Å². The second-order valence-corrected chi connectivity index (χ2v) is 10.5. The van der Waals surface area contributed by atoms with Crippen molar-refractivity contribution in [1.82, 2.24) is 19.8 Å². The van der Waals surface area contributed by atoms with E-state index in [1.165, 1.54) is 5.56 Å². The summed E-state index contributed by atoms with van der Waals surface area (Å²) in [6.45, 7) is 5.75. The molecular weight excluding hydrogens is 516 g/mol. The number of benzene rings is 2. The summed E-state index contributed by atoms with van der Waals surface area (Å²) in [6.07, 6.45) is 5.10. The molecule has 0 radical (unpaired) electrons. The molecule has 8 nitrogen and oxygen atoms in total. The van der Waals surface area contributed by atoms with Crippen molar-refractivity contribution in [3.05, 3.63) is 103 Å². The molecule has 0 saturated heterocycles. The highest BCUT2D eigenvalue weighted by molar-refractivity contribution is 5.98. The number of carbonyl (C=O) groups is 1. The molecule has 0 fully saturated rings. The van der Waals surface area contributed by atoms with Crippen LogP contribution in [0.4, 0.5) is 0 Å². The zero-order valence-electron chi connectivity index (χ0n) is 24.1. The van der Waals surface area contributed by atoms with Crippen LogP contribution in [0.25, 0.3) is 11.1 Å². The Morgan fingerprint density at radius 2 is 1.71 bits per heavy atom. The summed E-state index contributed by atoms with van der Waals surface area (Å²) in [5.74, 6) is 2.09. The first-order chi connectivity index (χ1) is 19.8. The average molecular weight is 555 g/mol. The number of ether oxygens (including phenoxy) is 2. The molecule has 4 aromatic rings. The van der Waals surface area contributed by atoms with Gasteiger partial charge in [0.25, 0.3) is 5.91 Å². The molecule has 1 N–H and O–H groups in total. The molecule has 214 valence electrons. The number of aliphatic hydroxyl groups excluding tert-OH is 1. The monoisotopic (exact) mass is 554 g/mol. The van der Waals surface area contributed by atoms with Gasteiger partial charge >= 0.3 is 0 Å². The van der Waals surface area contributed by atoms with Gasteiger partial charge in [-0.2, -0.15) is 0 Å². The fourth-order valence-electron chi connectivity index (χ4n) is 4.40. The van der Waals surface area contributed by atoms with E-state index in [1.54, 1.807) is 29.6 Å². The Hall–Kier alpha value is -4.27. The molecule has 2 aromatic carbocycles. The van der Waals surface area contributed by atoms with E-state index in [2.05, 4.69) is 41.1 Å². The number of hydrogen-bond donors (Lipinski definition) is 1. The fraction of sp³-hybridized carbons (Fsp3) is 0.303. The van der Waals surface area contributed by atoms with E-state index >= 15 is 0 Å². The molecule has 1 aliphatic rings. The molecule has 0 saturated carbocycles. The summed E-state index contributed by atoms with van der Waals surface area (Å²) in [7, 11) is 4.13. The number of aliphatic hydroxyl groups is 1. The van der Waals surface area contributed by atoms with Crippen LogP contribution in [0.3, 0.4) is 0 Å². The first-order valence-electron chi connectivity index (χ1n) is 13.8. The minimum atomic E-state index is -0.254. The van der Waals surface area contributed by atoms with E-state index in [1.807, 2.05) is 68.4 Å². The van der Waals surface area contributed by atoms with Gasteiger partial charge in [-0.1, -0.05) is 37.3 Å². The van der Waals surface area contributed by atoms with Gasteiger partial charge in [-0.25, -0.2) is 4.98 Å². The van der Waals surface area contributed by atoms with Gasteiger partial charge in [-0.3, -0.25) is 9.78 Å². The molecule has 0 spiro atoms. The fourth-order valence-corrected chi connectivity index (χ4v) is 4.40. The van der Waals surface area contributed by atoms with Crippen molar-refractivity contribution < 1.29 is 19.4 Å². The van der Waals surface area contributed by atoms with Crippen LogP contribution in [-0.2, 0) is 6.54 Å². The highest BCUT2D eigenvalue weighted by Crippen LogP contribution is 2.28. The summed E-state index contributed by atoms with van der Waals surface area (Å²) in [5, 5.41) is 9.49. The minimum absolute atomic E-state index is 0.0773. The largest absolute Gasteiger partial charge is 0.477 e. The third kappa shape index (κ3) is 8.36. The van der Waals surface area contributed by atoms with E-state index in [4.69, 9.17) is 9.47 Å². The van der Waals surface area contributed by atoms with Crippen molar-refractivity contribution in [3.63, 3.8) is 0 Å². The van der Waals surface area contributed by atoms with Crippen LogP contribution >= 0.6 is 0 Å². The average Bonchev–Trinajstić information content (AvgIpc) is 2.99. The van der Waals surface area contributed by atoms with Crippen LogP contribution < -0.4 is 9.47 Å². The smallest absolute Gasteiger partial charge is 0.259 e. The standard InChI is InChI=1S/C18H21N3O3.C15H17NO/c1-12-9-21(13(2)10-22)18(23)16-7-15(8-20-17(16)24-11-12)14-3-5-19-6-4-14;1-16(2)12-13-8-10-15(11-9-13)17-14-6-4-3-5-7-14/h3-8,12-13,22H,9-11H2,1-2H3;3-11H,12H2,1-2H3/t12?,13-;/m0./s1. The number of hydrogen-bond acceptors (Lipinski definition) is 7. The number of aromatic nitrogens is 2. The summed E-state index contributed by atoms with van der Waals surface area (Å²) in [6, 6.07) is 23.3. The van der Waals surface area contributed by atoms with Gasteiger partial charge in [0.15, 0.2) is 0 Å². The maximum absolute atomic E-state index is 13.0. The lowest BCUT2D eigenvalue weighted by molar-refractivity contribution is 0.0520. The van der Waals surface area contributed by atoms with Crippen molar-refractivity contribution >= 4 is 5.91 Å². The first kappa shape index (κ1) is 29.7. The molecule has 0 bridgehead atoms. The van der Waals surface area contributed by atoms with Crippen molar-refractivity contribution in [2.24, 2.45) is 5.92 Å². The van der Waals surface area contributed by atoms with Crippen molar-refractivity contribution in [1.29, 1.82) is 0 Å². The maximum atomic E-state index is 13.0. The molecular formula is C33H38N4O4. The van der Waals surface area contributed by atoms with E-state index in [9.17, 15) is 9.90 Å². The third-order valence-electron chi connectivity index (χ3n) is 6.57.